The van der Waals surface area contributed by atoms with Crippen molar-refractivity contribution in [1.29, 1.82) is 0 Å². The molecular weight excluding hydrogens is 360 g/mol. The Balaban J connectivity index is 2.05. The van der Waals surface area contributed by atoms with Gasteiger partial charge in [-0.1, -0.05) is 0 Å². The number of furan rings is 1. The molecule has 0 aliphatic rings. The summed E-state index contributed by atoms with van der Waals surface area (Å²) in [6.07, 6.45) is 2.98. The number of nitrogens with two attached hydrogens (primary N) is 1. The topological polar surface area (TPSA) is 106 Å². The largest absolute Gasteiger partial charge is 0.493 e. The van der Waals surface area contributed by atoms with Crippen molar-refractivity contribution >= 4 is 16.9 Å². The Morgan fingerprint density at radius 3 is 2.32 bits per heavy atom. The number of anilines is 1. The zero-order valence-electron chi connectivity index (χ0n) is 15.6. The molecule has 142 valence electrons. The van der Waals surface area contributed by atoms with Gasteiger partial charge in [-0.15, -0.1) is 0 Å². The summed E-state index contributed by atoms with van der Waals surface area (Å²) >= 11 is 0. The lowest BCUT2D eigenvalue weighted by Gasteiger charge is -2.16. The minimum atomic E-state index is 0.326. The number of methoxy groups -OCH3 is 3. The van der Waals surface area contributed by atoms with Crippen LogP contribution in [0.3, 0.4) is 0 Å². The number of rotatable bonds is 5. The first-order chi connectivity index (χ1) is 13.7. The Morgan fingerprint density at radius 1 is 0.964 bits per heavy atom. The highest BCUT2D eigenvalue weighted by Gasteiger charge is 2.19. The summed E-state index contributed by atoms with van der Waals surface area (Å²) in [5, 5.41) is 0.632. The highest BCUT2D eigenvalue weighted by atomic mass is 16.5. The number of ether oxygens (including phenoxy) is 3. The smallest absolute Gasteiger partial charge is 0.203 e. The van der Waals surface area contributed by atoms with Crippen LogP contribution in [-0.2, 0) is 0 Å². The van der Waals surface area contributed by atoms with Crippen LogP contribution in [0.2, 0.25) is 0 Å². The Morgan fingerprint density at radius 2 is 1.71 bits per heavy atom. The second kappa shape index (κ2) is 7.07. The average Bonchev–Trinajstić information content (AvgIpc) is 3.27. The minimum Gasteiger partial charge on any atom is -0.493 e. The molecule has 8 heteroatoms. The monoisotopic (exact) mass is 378 g/mol. The number of fused-ring (bicyclic) bond motifs is 1. The van der Waals surface area contributed by atoms with Gasteiger partial charge in [0, 0.05) is 0 Å². The van der Waals surface area contributed by atoms with Crippen LogP contribution in [0.25, 0.3) is 33.6 Å². The number of hydrogen-bond acceptors (Lipinski definition) is 8. The molecule has 0 aliphatic heterocycles. The van der Waals surface area contributed by atoms with Crippen molar-refractivity contribution in [2.24, 2.45) is 0 Å². The van der Waals surface area contributed by atoms with Crippen LogP contribution < -0.4 is 19.9 Å². The number of aromatic nitrogens is 3. The standard InChI is InChI=1S/C20H18N4O4/c1-25-15-7-11(8-16(26-2)18(15)27-3)12-9-13(14-5-4-6-28-14)24-20-17(12)19(21)22-10-23-20/h4-10H,1-3H3,(H2,21,22,23,24). The molecule has 4 aromatic rings. The number of pyridine rings is 1. The summed E-state index contributed by atoms with van der Waals surface area (Å²) in [5.74, 6) is 2.50. The Kier molecular flexibility index (Phi) is 4.44. The first-order valence-electron chi connectivity index (χ1n) is 8.41. The van der Waals surface area contributed by atoms with Gasteiger partial charge in [-0.2, -0.15) is 0 Å². The molecule has 4 rings (SSSR count). The third kappa shape index (κ3) is 2.84. The molecule has 3 heterocycles. The summed E-state index contributed by atoms with van der Waals surface area (Å²) < 4.78 is 21.9. The van der Waals surface area contributed by atoms with E-state index in [9.17, 15) is 0 Å². The zero-order valence-corrected chi connectivity index (χ0v) is 15.6. The van der Waals surface area contributed by atoms with E-state index in [4.69, 9.17) is 24.4 Å². The van der Waals surface area contributed by atoms with Gasteiger partial charge in [-0.25, -0.2) is 15.0 Å². The fourth-order valence-electron chi connectivity index (χ4n) is 3.10. The van der Waals surface area contributed by atoms with Gasteiger partial charge in [0.25, 0.3) is 0 Å². The van der Waals surface area contributed by atoms with Crippen molar-refractivity contribution in [1.82, 2.24) is 15.0 Å². The highest BCUT2D eigenvalue weighted by molar-refractivity contribution is 6.01. The molecule has 0 unspecified atom stereocenters. The fraction of sp³-hybridized carbons (Fsp3) is 0.150. The first-order valence-corrected chi connectivity index (χ1v) is 8.41. The SMILES string of the molecule is COc1cc(-c2cc(-c3ccco3)nc3ncnc(N)c23)cc(OC)c1OC. The third-order valence-corrected chi connectivity index (χ3v) is 4.38. The van der Waals surface area contributed by atoms with Crippen molar-refractivity contribution in [2.45, 2.75) is 0 Å². The van der Waals surface area contributed by atoms with Gasteiger partial charge in [0.1, 0.15) is 17.8 Å². The lowest BCUT2D eigenvalue weighted by atomic mass is 10.00. The molecule has 0 saturated carbocycles. The molecule has 3 aromatic heterocycles. The van der Waals surface area contributed by atoms with Gasteiger partial charge in [0.05, 0.1) is 33.0 Å². The van der Waals surface area contributed by atoms with E-state index in [-0.39, 0.29) is 0 Å². The maximum absolute atomic E-state index is 6.16. The van der Waals surface area contributed by atoms with Crippen LogP contribution in [0.15, 0.2) is 47.3 Å². The minimum absolute atomic E-state index is 0.326. The molecule has 0 saturated heterocycles. The summed E-state index contributed by atoms with van der Waals surface area (Å²) in [6.45, 7) is 0. The van der Waals surface area contributed by atoms with Crippen molar-refractivity contribution in [3.05, 3.63) is 42.9 Å². The van der Waals surface area contributed by atoms with Crippen molar-refractivity contribution in [3.8, 4) is 39.8 Å². The first kappa shape index (κ1) is 17.6. The van der Waals surface area contributed by atoms with Crippen LogP contribution in [0, 0.1) is 0 Å². The third-order valence-electron chi connectivity index (χ3n) is 4.38. The molecule has 28 heavy (non-hydrogen) atoms. The number of nitrogen functional groups attached to an aromatic ring is 1. The predicted octanol–water partition coefficient (Wildman–Crippen LogP) is 3.56. The van der Waals surface area contributed by atoms with Gasteiger partial charge in [-0.3, -0.25) is 0 Å². The van der Waals surface area contributed by atoms with Crippen LogP contribution in [-0.4, -0.2) is 36.3 Å². The second-order valence-corrected chi connectivity index (χ2v) is 5.90. The molecule has 2 N–H and O–H groups in total. The van der Waals surface area contributed by atoms with E-state index >= 15 is 0 Å². The van der Waals surface area contributed by atoms with Crippen molar-refractivity contribution in [2.75, 3.05) is 27.1 Å². The van der Waals surface area contributed by atoms with Gasteiger partial charge < -0.3 is 24.4 Å². The van der Waals surface area contributed by atoms with Crippen LogP contribution >= 0.6 is 0 Å². The Bertz CT molecular complexity index is 1120. The van der Waals surface area contributed by atoms with Crippen LogP contribution in [0.5, 0.6) is 17.2 Å². The number of nitrogens with zero attached hydrogens (tertiary/aromatic N) is 3. The molecule has 0 spiro atoms. The Labute approximate surface area is 160 Å². The van der Waals surface area contributed by atoms with E-state index in [1.54, 1.807) is 33.7 Å². The van der Waals surface area contributed by atoms with Gasteiger partial charge in [-0.05, 0) is 41.5 Å². The quantitative estimate of drug-likeness (QED) is 0.562. The lowest BCUT2D eigenvalue weighted by Crippen LogP contribution is -2.00. The van der Waals surface area contributed by atoms with E-state index in [0.717, 1.165) is 11.1 Å². The average molecular weight is 378 g/mol. The molecule has 0 fully saturated rings. The van der Waals surface area contributed by atoms with E-state index in [1.165, 1.54) is 6.33 Å². The molecule has 0 bridgehead atoms. The van der Waals surface area contributed by atoms with E-state index in [2.05, 4.69) is 15.0 Å². The highest BCUT2D eigenvalue weighted by Crippen LogP contribution is 2.43. The molecular formula is C20H18N4O4. The lowest BCUT2D eigenvalue weighted by molar-refractivity contribution is 0.324. The summed E-state index contributed by atoms with van der Waals surface area (Å²) in [6, 6.07) is 9.19. The fourth-order valence-corrected chi connectivity index (χ4v) is 3.10. The number of benzene rings is 1. The van der Waals surface area contributed by atoms with Crippen LogP contribution in [0.4, 0.5) is 5.82 Å². The zero-order chi connectivity index (χ0) is 19.7. The Hall–Kier alpha value is -3.81. The van der Waals surface area contributed by atoms with E-state index in [0.29, 0.717) is 45.6 Å². The molecule has 8 nitrogen and oxygen atoms in total. The second-order valence-electron chi connectivity index (χ2n) is 5.90. The molecule has 0 aliphatic carbocycles. The van der Waals surface area contributed by atoms with Gasteiger partial charge in [0.2, 0.25) is 5.75 Å². The van der Waals surface area contributed by atoms with Gasteiger partial charge >= 0.3 is 0 Å². The summed E-state index contributed by atoms with van der Waals surface area (Å²) in [5.41, 5.74) is 8.81. The summed E-state index contributed by atoms with van der Waals surface area (Å²) in [7, 11) is 4.69. The molecule has 0 radical (unpaired) electrons. The van der Waals surface area contributed by atoms with Crippen molar-refractivity contribution < 1.29 is 18.6 Å². The maximum Gasteiger partial charge on any atom is 0.203 e. The van der Waals surface area contributed by atoms with Gasteiger partial charge in [0.15, 0.2) is 22.9 Å². The normalized spacial score (nSPS) is 10.8. The molecule has 1 aromatic carbocycles. The van der Waals surface area contributed by atoms with E-state index < -0.39 is 0 Å². The molecule has 0 amide bonds. The molecule has 0 atom stereocenters. The summed E-state index contributed by atoms with van der Waals surface area (Å²) in [4.78, 5) is 13.0. The van der Waals surface area contributed by atoms with E-state index in [1.807, 2.05) is 24.3 Å². The maximum atomic E-state index is 6.16. The number of hydrogen-bond donors (Lipinski definition) is 1. The van der Waals surface area contributed by atoms with Crippen LogP contribution in [0.1, 0.15) is 0 Å². The van der Waals surface area contributed by atoms with Crippen molar-refractivity contribution in [3.63, 3.8) is 0 Å². The predicted molar refractivity (Wildman–Crippen MR) is 105 cm³/mol.